The molecule has 3 N–H and O–H groups in total. The average molecular weight is 540 g/mol. The fourth-order valence-corrected chi connectivity index (χ4v) is 5.11. The number of halogens is 3. The van der Waals surface area contributed by atoms with Crippen LogP contribution in [0.15, 0.2) is 47.9 Å². The Hall–Kier alpha value is -1.84. The van der Waals surface area contributed by atoms with E-state index in [-0.39, 0.29) is 29.6 Å². The zero-order valence-electron chi connectivity index (χ0n) is 22.0. The Balaban J connectivity index is 1.80. The van der Waals surface area contributed by atoms with E-state index in [1.165, 1.54) is 36.0 Å². The molecule has 0 saturated carbocycles. The molecule has 2 rings (SSSR count). The smallest absolute Gasteiger partial charge is 0.130 e. The van der Waals surface area contributed by atoms with Crippen LogP contribution in [0.4, 0.5) is 13.2 Å². The average Bonchev–Trinajstić information content (AvgIpc) is 2.85. The molecule has 8 heteroatoms. The van der Waals surface area contributed by atoms with E-state index in [2.05, 4.69) is 6.58 Å². The van der Waals surface area contributed by atoms with Crippen molar-refractivity contribution in [1.82, 2.24) is 4.90 Å². The molecule has 0 fully saturated rings. The Bertz CT molecular complexity index is 966. The van der Waals surface area contributed by atoms with E-state index < -0.39 is 29.9 Å². The zero-order chi connectivity index (χ0) is 27.5. The molecule has 37 heavy (non-hydrogen) atoms. The van der Waals surface area contributed by atoms with Gasteiger partial charge in [0.2, 0.25) is 0 Å². The van der Waals surface area contributed by atoms with Crippen molar-refractivity contribution < 1.29 is 28.5 Å². The summed E-state index contributed by atoms with van der Waals surface area (Å²) in [6.07, 6.45) is -0.0632. The van der Waals surface area contributed by atoms with Crippen molar-refractivity contribution in [2.75, 3.05) is 20.1 Å². The summed E-state index contributed by atoms with van der Waals surface area (Å²) in [5.74, 6) is -1.44. The largest absolute Gasteiger partial charge is 0.390 e. The van der Waals surface area contributed by atoms with Gasteiger partial charge in [0.1, 0.15) is 23.6 Å². The predicted molar refractivity (Wildman–Crippen MR) is 145 cm³/mol. The van der Waals surface area contributed by atoms with Crippen molar-refractivity contribution >= 4 is 11.8 Å². The van der Waals surface area contributed by atoms with Gasteiger partial charge in [-0.05, 0) is 79.6 Å². The first-order valence-electron chi connectivity index (χ1n) is 12.8. The highest BCUT2D eigenvalue weighted by atomic mass is 32.2. The fourth-order valence-electron chi connectivity index (χ4n) is 4.12. The van der Waals surface area contributed by atoms with Crippen molar-refractivity contribution in [2.24, 2.45) is 0 Å². The van der Waals surface area contributed by atoms with Gasteiger partial charge >= 0.3 is 0 Å². The molecule has 0 aliphatic heterocycles. The lowest BCUT2D eigenvalue weighted by atomic mass is 10.0. The minimum Gasteiger partial charge on any atom is -0.390 e. The van der Waals surface area contributed by atoms with E-state index >= 15 is 0 Å². The second-order valence-corrected chi connectivity index (χ2v) is 10.8. The van der Waals surface area contributed by atoms with Crippen LogP contribution in [0.1, 0.15) is 62.1 Å². The summed E-state index contributed by atoms with van der Waals surface area (Å²) < 4.78 is 42.6. The number of aliphatic hydroxyl groups is 3. The molecular weight excluding hydrogens is 499 g/mol. The maximum atomic E-state index is 14.7. The summed E-state index contributed by atoms with van der Waals surface area (Å²) in [7, 11) is 1.82. The third-order valence-electron chi connectivity index (χ3n) is 6.58. The van der Waals surface area contributed by atoms with Crippen LogP contribution in [-0.2, 0) is 12.2 Å². The Morgan fingerprint density at radius 2 is 1.62 bits per heavy atom. The van der Waals surface area contributed by atoms with Crippen LogP contribution in [0.5, 0.6) is 0 Å². The van der Waals surface area contributed by atoms with Crippen LogP contribution >= 0.6 is 11.8 Å². The number of aryl methyl sites for hydroxylation is 1. The first-order valence-corrected chi connectivity index (χ1v) is 13.8. The Labute approximate surface area is 223 Å². The number of aliphatic hydroxyl groups excluding tert-OH is 3. The molecule has 2 aromatic carbocycles. The highest BCUT2D eigenvalue weighted by Crippen LogP contribution is 2.34. The topological polar surface area (TPSA) is 63.9 Å². The number of rotatable bonds is 16. The number of allylic oxidation sites excluding steroid dienone is 1. The van der Waals surface area contributed by atoms with E-state index in [9.17, 15) is 28.5 Å². The number of unbranched alkanes of at least 4 members (excludes halogenated alkanes) is 1. The predicted octanol–water partition coefficient (Wildman–Crippen LogP) is 5.79. The Kier molecular flexibility index (Phi) is 13.2. The van der Waals surface area contributed by atoms with Gasteiger partial charge in [-0.15, -0.1) is 11.8 Å². The van der Waals surface area contributed by atoms with E-state index in [0.717, 1.165) is 16.9 Å². The number of hydrogen-bond acceptors (Lipinski definition) is 5. The molecule has 0 amide bonds. The number of hydrogen-bond donors (Lipinski definition) is 3. The first kappa shape index (κ1) is 31.4. The lowest BCUT2D eigenvalue weighted by Gasteiger charge is -2.26. The van der Waals surface area contributed by atoms with Crippen molar-refractivity contribution in [3.63, 3.8) is 0 Å². The van der Waals surface area contributed by atoms with Gasteiger partial charge in [0, 0.05) is 23.8 Å². The third-order valence-corrected chi connectivity index (χ3v) is 7.74. The third kappa shape index (κ3) is 10.1. The zero-order valence-corrected chi connectivity index (χ0v) is 22.8. The monoisotopic (exact) mass is 539 g/mol. The molecule has 0 aromatic heterocycles. The van der Waals surface area contributed by atoms with Crippen molar-refractivity contribution in [2.45, 2.75) is 75.9 Å². The van der Waals surface area contributed by atoms with Crippen LogP contribution < -0.4 is 0 Å². The summed E-state index contributed by atoms with van der Waals surface area (Å²) in [6.45, 7) is 8.72. The van der Waals surface area contributed by atoms with Crippen LogP contribution in [-0.4, -0.2) is 58.7 Å². The van der Waals surface area contributed by atoms with Gasteiger partial charge in [0.25, 0.3) is 0 Å². The van der Waals surface area contributed by atoms with Gasteiger partial charge in [-0.3, -0.25) is 0 Å². The second kappa shape index (κ2) is 15.5. The highest BCUT2D eigenvalue weighted by Gasteiger charge is 2.24. The molecule has 4 atom stereocenters. The lowest BCUT2D eigenvalue weighted by Crippen LogP contribution is -2.43. The molecule has 2 aromatic rings. The Morgan fingerprint density at radius 1 is 1.00 bits per heavy atom. The molecule has 0 bridgehead atoms. The summed E-state index contributed by atoms with van der Waals surface area (Å²) in [4.78, 5) is 2.62. The summed E-state index contributed by atoms with van der Waals surface area (Å²) >= 11 is 1.28. The molecular formula is C29H40F3NO3S. The van der Waals surface area contributed by atoms with Crippen molar-refractivity contribution in [3.8, 4) is 0 Å². The number of benzene rings is 2. The second-order valence-electron chi connectivity index (χ2n) is 9.70. The van der Waals surface area contributed by atoms with Gasteiger partial charge in [-0.2, -0.15) is 0 Å². The van der Waals surface area contributed by atoms with Gasteiger partial charge in [-0.25, -0.2) is 13.2 Å². The summed E-state index contributed by atoms with van der Waals surface area (Å²) in [5.41, 5.74) is 1.49. The fraction of sp³-hybridized carbons (Fsp3) is 0.517. The highest BCUT2D eigenvalue weighted by molar-refractivity contribution is 8.02. The van der Waals surface area contributed by atoms with Crippen molar-refractivity contribution in [1.29, 1.82) is 0 Å². The maximum Gasteiger partial charge on any atom is 0.130 e. The molecule has 0 saturated heterocycles. The Morgan fingerprint density at radius 3 is 2.22 bits per heavy atom. The van der Waals surface area contributed by atoms with Crippen LogP contribution in [0.25, 0.3) is 0 Å². The van der Waals surface area contributed by atoms with Crippen LogP contribution in [0, 0.1) is 17.5 Å². The minimum atomic E-state index is -1.19. The minimum absolute atomic E-state index is 0.0127. The summed E-state index contributed by atoms with van der Waals surface area (Å²) in [5, 5.41) is 30.0. The normalized spacial score (nSPS) is 15.0. The molecule has 0 aliphatic carbocycles. The standard InChI is InChI=1S/C29H40F3NO3S/c1-5-8-27(34)29(36)28(35)17-33(4)14-7-6-9-21-15-25(31)24(26(32)16-21)18-37-20(3)19(2)22-10-12-23(30)13-11-22/h10-13,15-16,19,27-29,34-36H,3,5-9,14,17-18H2,1-2,4H3. The van der Waals surface area contributed by atoms with Gasteiger partial charge in [-0.1, -0.05) is 39.0 Å². The number of likely N-dealkylation sites (N-methyl/N-ethyl adjacent to an activating group) is 1. The van der Waals surface area contributed by atoms with E-state index in [0.29, 0.717) is 37.8 Å². The molecule has 0 aliphatic rings. The molecule has 0 heterocycles. The molecule has 206 valence electrons. The number of nitrogens with zero attached hydrogens (tertiary/aromatic N) is 1. The van der Waals surface area contributed by atoms with Crippen LogP contribution in [0.3, 0.4) is 0 Å². The number of thioether (sulfide) groups is 1. The quantitative estimate of drug-likeness (QED) is 0.236. The van der Waals surface area contributed by atoms with E-state index in [1.807, 2.05) is 25.8 Å². The SMILES string of the molecule is C=C(SCc1c(F)cc(CCCCN(C)CC(O)C(O)C(O)CCC)cc1F)C(C)c1ccc(F)cc1. The van der Waals surface area contributed by atoms with Gasteiger partial charge in [0.15, 0.2) is 0 Å². The lowest BCUT2D eigenvalue weighted by molar-refractivity contribution is -0.0695. The first-order chi connectivity index (χ1) is 17.5. The summed E-state index contributed by atoms with van der Waals surface area (Å²) in [6, 6.07) is 8.89. The maximum absolute atomic E-state index is 14.7. The molecule has 4 unspecified atom stereocenters. The van der Waals surface area contributed by atoms with Gasteiger partial charge < -0.3 is 20.2 Å². The molecule has 4 nitrogen and oxygen atoms in total. The van der Waals surface area contributed by atoms with E-state index in [4.69, 9.17) is 0 Å². The van der Waals surface area contributed by atoms with Gasteiger partial charge in [0.05, 0.1) is 12.2 Å². The van der Waals surface area contributed by atoms with Crippen LogP contribution in [0.2, 0.25) is 0 Å². The molecule has 0 spiro atoms. The van der Waals surface area contributed by atoms with E-state index in [1.54, 1.807) is 12.1 Å². The van der Waals surface area contributed by atoms with Crippen molar-refractivity contribution in [3.05, 3.63) is 82.0 Å². The molecule has 0 radical (unpaired) electrons.